The zero-order valence-electron chi connectivity index (χ0n) is 16.5. The zero-order valence-corrected chi connectivity index (χ0v) is 17.3. The van der Waals surface area contributed by atoms with Gasteiger partial charge < -0.3 is 15.4 Å². The van der Waals surface area contributed by atoms with Gasteiger partial charge in [-0.3, -0.25) is 4.79 Å². The minimum Gasteiger partial charge on any atom is -0.495 e. The lowest BCUT2D eigenvalue weighted by atomic mass is 9.98. The summed E-state index contributed by atoms with van der Waals surface area (Å²) in [5.41, 5.74) is 3.22. The molecular formula is C23H27N2O2S+. The van der Waals surface area contributed by atoms with Gasteiger partial charge in [0.05, 0.1) is 17.7 Å². The number of rotatable bonds is 8. The SMILES string of the molecule is COc1ccccc1NC(=O)C[NH2+][C@H](c1ccc(C(C)C)cc1)c1cccs1. The van der Waals surface area contributed by atoms with Crippen LogP contribution in [0.15, 0.2) is 66.0 Å². The largest absolute Gasteiger partial charge is 0.495 e. The predicted molar refractivity (Wildman–Crippen MR) is 115 cm³/mol. The van der Waals surface area contributed by atoms with Crippen molar-refractivity contribution in [3.63, 3.8) is 0 Å². The summed E-state index contributed by atoms with van der Waals surface area (Å²) in [6.45, 7) is 4.71. The molecule has 0 aliphatic rings. The Morgan fingerprint density at radius 3 is 2.39 bits per heavy atom. The fourth-order valence-electron chi connectivity index (χ4n) is 3.15. The van der Waals surface area contributed by atoms with Crippen LogP contribution in [-0.2, 0) is 4.79 Å². The van der Waals surface area contributed by atoms with Crippen molar-refractivity contribution in [2.24, 2.45) is 0 Å². The highest BCUT2D eigenvalue weighted by Crippen LogP contribution is 2.25. The first-order valence-electron chi connectivity index (χ1n) is 9.48. The average molecular weight is 396 g/mol. The third-order valence-electron chi connectivity index (χ3n) is 4.73. The number of carbonyl (C=O) groups excluding carboxylic acids is 1. The van der Waals surface area contributed by atoms with E-state index in [1.54, 1.807) is 18.4 Å². The Kier molecular flexibility index (Phi) is 6.85. The lowest BCUT2D eigenvalue weighted by molar-refractivity contribution is -0.675. The Hall–Kier alpha value is -2.63. The van der Waals surface area contributed by atoms with Crippen LogP contribution in [0.4, 0.5) is 5.69 Å². The van der Waals surface area contributed by atoms with E-state index >= 15 is 0 Å². The van der Waals surface area contributed by atoms with Gasteiger partial charge in [-0.2, -0.15) is 0 Å². The van der Waals surface area contributed by atoms with E-state index in [1.807, 2.05) is 24.3 Å². The van der Waals surface area contributed by atoms with Crippen molar-refractivity contribution in [2.45, 2.75) is 25.8 Å². The second-order valence-electron chi connectivity index (χ2n) is 7.00. The Morgan fingerprint density at radius 1 is 1.04 bits per heavy atom. The second kappa shape index (κ2) is 9.53. The van der Waals surface area contributed by atoms with Crippen LogP contribution in [0.1, 0.15) is 41.8 Å². The van der Waals surface area contributed by atoms with Crippen LogP contribution in [0.25, 0.3) is 0 Å². The van der Waals surface area contributed by atoms with E-state index in [-0.39, 0.29) is 11.9 Å². The molecule has 0 saturated carbocycles. The number of nitrogens with one attached hydrogen (secondary N) is 1. The maximum Gasteiger partial charge on any atom is 0.279 e. The number of hydrogen-bond donors (Lipinski definition) is 2. The van der Waals surface area contributed by atoms with E-state index in [4.69, 9.17) is 4.74 Å². The number of nitrogens with two attached hydrogens (primary N) is 1. The molecule has 28 heavy (non-hydrogen) atoms. The number of benzene rings is 2. The molecule has 0 fully saturated rings. The molecule has 1 aromatic heterocycles. The van der Waals surface area contributed by atoms with Gasteiger partial charge in [0, 0.05) is 5.56 Å². The first-order valence-corrected chi connectivity index (χ1v) is 10.4. The van der Waals surface area contributed by atoms with Gasteiger partial charge in [-0.25, -0.2) is 0 Å². The van der Waals surface area contributed by atoms with Gasteiger partial charge in [-0.15, -0.1) is 11.3 Å². The number of carbonyl (C=O) groups is 1. The van der Waals surface area contributed by atoms with Gasteiger partial charge in [0.2, 0.25) is 0 Å². The Bertz CT molecular complexity index is 889. The highest BCUT2D eigenvalue weighted by Gasteiger charge is 2.20. The van der Waals surface area contributed by atoms with Gasteiger partial charge in [0.1, 0.15) is 11.8 Å². The first-order chi connectivity index (χ1) is 13.6. The van der Waals surface area contributed by atoms with Crippen molar-refractivity contribution in [3.05, 3.63) is 82.0 Å². The van der Waals surface area contributed by atoms with Crippen LogP contribution >= 0.6 is 11.3 Å². The number of para-hydroxylation sites is 2. The fourth-order valence-corrected chi connectivity index (χ4v) is 4.00. The van der Waals surface area contributed by atoms with Crippen molar-refractivity contribution < 1.29 is 14.8 Å². The number of quaternary nitrogens is 1. The smallest absolute Gasteiger partial charge is 0.279 e. The highest BCUT2D eigenvalue weighted by molar-refractivity contribution is 7.10. The number of hydrogen-bond acceptors (Lipinski definition) is 3. The lowest BCUT2D eigenvalue weighted by Gasteiger charge is -2.16. The molecule has 3 N–H and O–H groups in total. The fraction of sp³-hybridized carbons (Fsp3) is 0.261. The lowest BCUT2D eigenvalue weighted by Crippen LogP contribution is -2.87. The monoisotopic (exact) mass is 395 g/mol. The molecule has 5 heteroatoms. The van der Waals surface area contributed by atoms with E-state index in [9.17, 15) is 4.79 Å². The summed E-state index contributed by atoms with van der Waals surface area (Å²) in [6, 6.07) is 20.4. The van der Waals surface area contributed by atoms with E-state index < -0.39 is 0 Å². The third kappa shape index (κ3) is 5.00. The summed E-state index contributed by atoms with van der Waals surface area (Å²) < 4.78 is 5.31. The maximum atomic E-state index is 12.5. The number of thiophene rings is 1. The van der Waals surface area contributed by atoms with Crippen LogP contribution < -0.4 is 15.4 Å². The molecule has 0 radical (unpaired) electrons. The molecule has 4 nitrogen and oxygen atoms in total. The van der Waals surface area contributed by atoms with Crippen molar-refractivity contribution in [2.75, 3.05) is 19.0 Å². The molecule has 0 saturated heterocycles. The molecule has 1 atom stereocenters. The molecule has 3 aromatic rings. The van der Waals surface area contributed by atoms with Crippen LogP contribution in [0.3, 0.4) is 0 Å². The minimum atomic E-state index is -0.0511. The highest BCUT2D eigenvalue weighted by atomic mass is 32.1. The van der Waals surface area contributed by atoms with Gasteiger partial charge in [-0.1, -0.05) is 56.3 Å². The topological polar surface area (TPSA) is 54.9 Å². The molecule has 2 aromatic carbocycles. The summed E-state index contributed by atoms with van der Waals surface area (Å²) in [5.74, 6) is 1.12. The van der Waals surface area contributed by atoms with Crippen molar-refractivity contribution in [1.29, 1.82) is 0 Å². The number of methoxy groups -OCH3 is 1. The summed E-state index contributed by atoms with van der Waals surface area (Å²) in [6.07, 6.45) is 0. The van der Waals surface area contributed by atoms with Crippen LogP contribution in [0, 0.1) is 0 Å². The molecular weight excluding hydrogens is 368 g/mol. The van der Waals surface area contributed by atoms with Gasteiger partial charge >= 0.3 is 0 Å². The van der Waals surface area contributed by atoms with Crippen molar-refractivity contribution in [1.82, 2.24) is 0 Å². The first kappa shape index (κ1) is 20.1. The van der Waals surface area contributed by atoms with Crippen LogP contribution in [-0.4, -0.2) is 19.6 Å². The van der Waals surface area contributed by atoms with Crippen LogP contribution in [0.5, 0.6) is 5.75 Å². The Morgan fingerprint density at radius 2 is 1.75 bits per heavy atom. The summed E-state index contributed by atoms with van der Waals surface area (Å²) in [7, 11) is 1.60. The van der Waals surface area contributed by atoms with Gasteiger partial charge in [-0.05, 0) is 35.1 Å². The quantitative estimate of drug-likeness (QED) is 0.601. The third-order valence-corrected chi connectivity index (χ3v) is 5.69. The van der Waals surface area contributed by atoms with Gasteiger partial charge in [0.25, 0.3) is 5.91 Å². The molecule has 0 aliphatic carbocycles. The standard InChI is InChI=1S/C23H26N2O2S/c1-16(2)17-10-12-18(13-11-17)23(21-9-6-14-28-21)24-15-22(26)25-19-7-4-5-8-20(19)27-3/h4-14,16,23-24H,15H2,1-3H3,(H,25,26)/p+1/t23-/m1/s1. The Balaban J connectivity index is 1.71. The van der Waals surface area contributed by atoms with Gasteiger partial charge in [0.15, 0.2) is 6.54 Å². The molecule has 0 unspecified atom stereocenters. The average Bonchev–Trinajstić information content (AvgIpc) is 3.23. The number of amides is 1. The summed E-state index contributed by atoms with van der Waals surface area (Å²) >= 11 is 1.72. The van der Waals surface area contributed by atoms with Crippen molar-refractivity contribution >= 4 is 22.9 Å². The number of ether oxygens (including phenoxy) is 1. The van der Waals surface area contributed by atoms with E-state index in [0.717, 1.165) is 0 Å². The Labute approximate surface area is 170 Å². The molecule has 0 spiro atoms. The maximum absolute atomic E-state index is 12.5. The van der Waals surface area contributed by atoms with E-state index in [2.05, 4.69) is 66.3 Å². The van der Waals surface area contributed by atoms with Crippen LogP contribution in [0.2, 0.25) is 0 Å². The van der Waals surface area contributed by atoms with E-state index in [1.165, 1.54) is 16.0 Å². The molecule has 3 rings (SSSR count). The summed E-state index contributed by atoms with van der Waals surface area (Å²) in [5, 5.41) is 7.11. The zero-order chi connectivity index (χ0) is 19.9. The molecule has 1 heterocycles. The van der Waals surface area contributed by atoms with Crippen molar-refractivity contribution in [3.8, 4) is 5.75 Å². The summed E-state index contributed by atoms with van der Waals surface area (Å²) in [4.78, 5) is 13.8. The molecule has 0 bridgehead atoms. The number of anilines is 1. The molecule has 1 amide bonds. The molecule has 0 aliphatic heterocycles. The van der Waals surface area contributed by atoms with E-state index in [0.29, 0.717) is 23.9 Å². The second-order valence-corrected chi connectivity index (χ2v) is 7.98. The molecule has 146 valence electrons. The predicted octanol–water partition coefficient (Wildman–Crippen LogP) is 4.17. The normalized spacial score (nSPS) is 12.0. The minimum absolute atomic E-state index is 0.0511.